The van der Waals surface area contributed by atoms with Crippen LogP contribution in [0.2, 0.25) is 0 Å². The number of nitro benzene ring substituents is 1. The van der Waals surface area contributed by atoms with Crippen LogP contribution in [0.4, 0.5) is 5.69 Å². The lowest BCUT2D eigenvalue weighted by Gasteiger charge is -2.09. The molecule has 0 atom stereocenters. The van der Waals surface area contributed by atoms with E-state index in [9.17, 15) is 18.5 Å². The van der Waals surface area contributed by atoms with Gasteiger partial charge >= 0.3 is 0 Å². The number of nitro groups is 1. The lowest BCUT2D eigenvalue weighted by molar-refractivity contribution is -0.384. The SMILES string of the molecule is Cc1ccc(S(=O)(=O)N/N=C(\c2ccccc2)c2ccc([N+](=O)[O-])cc2)cc1. The van der Waals surface area contributed by atoms with Gasteiger partial charge in [-0.1, -0.05) is 48.0 Å². The van der Waals surface area contributed by atoms with Crippen molar-refractivity contribution in [3.8, 4) is 0 Å². The fourth-order valence-electron chi connectivity index (χ4n) is 2.51. The number of aryl methyl sites for hydroxylation is 1. The average molecular weight is 395 g/mol. The molecule has 0 heterocycles. The Balaban J connectivity index is 1.99. The molecule has 8 heteroatoms. The second-order valence-corrected chi connectivity index (χ2v) is 7.70. The van der Waals surface area contributed by atoms with Crippen LogP contribution < -0.4 is 4.83 Å². The lowest BCUT2D eigenvalue weighted by atomic mass is 10.0. The van der Waals surface area contributed by atoms with Crippen molar-refractivity contribution in [1.29, 1.82) is 0 Å². The Hall–Kier alpha value is -3.52. The van der Waals surface area contributed by atoms with Crippen LogP contribution in [0.5, 0.6) is 0 Å². The summed E-state index contributed by atoms with van der Waals surface area (Å²) in [6.45, 7) is 1.87. The molecule has 0 radical (unpaired) electrons. The largest absolute Gasteiger partial charge is 0.276 e. The molecule has 3 aromatic rings. The highest BCUT2D eigenvalue weighted by atomic mass is 32.2. The molecule has 0 spiro atoms. The van der Waals surface area contributed by atoms with Gasteiger partial charge in [-0.15, -0.1) is 0 Å². The van der Waals surface area contributed by atoms with Gasteiger partial charge < -0.3 is 0 Å². The summed E-state index contributed by atoms with van der Waals surface area (Å²) in [6.07, 6.45) is 0. The van der Waals surface area contributed by atoms with Crippen molar-refractivity contribution in [3.05, 3.63) is 106 Å². The summed E-state index contributed by atoms with van der Waals surface area (Å²) >= 11 is 0. The zero-order valence-electron chi connectivity index (χ0n) is 14.9. The maximum absolute atomic E-state index is 12.5. The van der Waals surface area contributed by atoms with Crippen molar-refractivity contribution < 1.29 is 13.3 Å². The molecule has 142 valence electrons. The third-order valence-corrected chi connectivity index (χ3v) is 5.23. The number of nitrogens with zero attached hydrogens (tertiary/aromatic N) is 2. The fraction of sp³-hybridized carbons (Fsp3) is 0.0500. The third-order valence-electron chi connectivity index (χ3n) is 4.01. The van der Waals surface area contributed by atoms with Gasteiger partial charge in [-0.2, -0.15) is 18.4 Å². The Bertz CT molecular complexity index is 1110. The molecule has 0 bridgehead atoms. The molecule has 7 nitrogen and oxygen atoms in total. The molecule has 0 saturated heterocycles. The molecular formula is C20H17N3O4S. The van der Waals surface area contributed by atoms with E-state index < -0.39 is 14.9 Å². The number of benzene rings is 3. The Labute approximate surface area is 162 Å². The van der Waals surface area contributed by atoms with Crippen LogP contribution in [0, 0.1) is 17.0 Å². The third kappa shape index (κ3) is 4.41. The first-order chi connectivity index (χ1) is 13.4. The van der Waals surface area contributed by atoms with Crippen LogP contribution in [-0.2, 0) is 10.0 Å². The van der Waals surface area contributed by atoms with Gasteiger partial charge in [0.05, 0.1) is 15.5 Å². The number of sulfonamides is 1. The minimum atomic E-state index is -3.86. The highest BCUT2D eigenvalue weighted by Gasteiger charge is 2.15. The summed E-state index contributed by atoms with van der Waals surface area (Å²) in [7, 11) is -3.86. The van der Waals surface area contributed by atoms with Gasteiger partial charge in [0, 0.05) is 23.3 Å². The van der Waals surface area contributed by atoms with Crippen LogP contribution >= 0.6 is 0 Å². The van der Waals surface area contributed by atoms with Crippen LogP contribution in [0.1, 0.15) is 16.7 Å². The summed E-state index contributed by atoms with van der Waals surface area (Å²) in [4.78, 5) is 12.7. The molecule has 0 fully saturated rings. The van der Waals surface area contributed by atoms with Crippen LogP contribution in [-0.4, -0.2) is 19.1 Å². The van der Waals surface area contributed by atoms with E-state index in [4.69, 9.17) is 0 Å². The minimum Gasteiger partial charge on any atom is -0.258 e. The first-order valence-electron chi connectivity index (χ1n) is 8.33. The van der Waals surface area contributed by atoms with Crippen molar-refractivity contribution in [1.82, 2.24) is 4.83 Å². The molecule has 0 aliphatic rings. The lowest BCUT2D eigenvalue weighted by Crippen LogP contribution is -2.21. The van der Waals surface area contributed by atoms with E-state index in [1.54, 1.807) is 36.4 Å². The summed E-state index contributed by atoms with van der Waals surface area (Å²) in [5, 5.41) is 15.0. The average Bonchev–Trinajstić information content (AvgIpc) is 2.69. The van der Waals surface area contributed by atoms with E-state index in [-0.39, 0.29) is 10.6 Å². The Morgan fingerprint density at radius 3 is 2.04 bits per heavy atom. The van der Waals surface area contributed by atoms with E-state index in [0.29, 0.717) is 16.8 Å². The minimum absolute atomic E-state index is 0.0589. The maximum atomic E-state index is 12.5. The second-order valence-electron chi connectivity index (χ2n) is 6.04. The normalized spacial score (nSPS) is 11.8. The van der Waals surface area contributed by atoms with E-state index >= 15 is 0 Å². The predicted molar refractivity (Wildman–Crippen MR) is 107 cm³/mol. The highest BCUT2D eigenvalue weighted by Crippen LogP contribution is 2.17. The Morgan fingerprint density at radius 2 is 1.46 bits per heavy atom. The van der Waals surface area contributed by atoms with E-state index in [0.717, 1.165) is 5.56 Å². The molecule has 3 aromatic carbocycles. The van der Waals surface area contributed by atoms with Gasteiger partial charge in [0.1, 0.15) is 0 Å². The number of non-ortho nitro benzene ring substituents is 1. The standard InChI is InChI=1S/C20H17N3O4S/c1-15-7-13-19(14-8-15)28(26,27)22-21-20(16-5-3-2-4-6-16)17-9-11-18(12-10-17)23(24)25/h2-14,22H,1H3/b21-20+. The van der Waals surface area contributed by atoms with E-state index in [1.165, 1.54) is 36.4 Å². The van der Waals surface area contributed by atoms with Gasteiger partial charge in [-0.3, -0.25) is 10.1 Å². The van der Waals surface area contributed by atoms with Crippen molar-refractivity contribution >= 4 is 21.4 Å². The predicted octanol–water partition coefficient (Wildman–Crippen LogP) is 3.63. The number of hydrogen-bond donors (Lipinski definition) is 1. The van der Waals surface area contributed by atoms with Crippen LogP contribution in [0.3, 0.4) is 0 Å². The van der Waals surface area contributed by atoms with Crippen LogP contribution in [0.15, 0.2) is 88.9 Å². The van der Waals surface area contributed by atoms with Gasteiger partial charge in [-0.05, 0) is 31.2 Å². The Morgan fingerprint density at radius 1 is 0.893 bits per heavy atom. The van der Waals surface area contributed by atoms with Gasteiger partial charge in [0.2, 0.25) is 0 Å². The molecule has 0 unspecified atom stereocenters. The molecule has 0 aliphatic heterocycles. The first kappa shape index (κ1) is 19.2. The molecule has 28 heavy (non-hydrogen) atoms. The number of hydrazone groups is 1. The molecule has 0 aliphatic carbocycles. The summed E-state index contributed by atoms with van der Waals surface area (Å²) in [6, 6.07) is 21.1. The fourth-order valence-corrected chi connectivity index (χ4v) is 3.32. The molecule has 0 amide bonds. The zero-order valence-corrected chi connectivity index (χ0v) is 15.8. The quantitative estimate of drug-likeness (QED) is 0.391. The smallest absolute Gasteiger partial charge is 0.258 e. The second kappa shape index (κ2) is 8.01. The summed E-state index contributed by atoms with van der Waals surface area (Å²) < 4.78 is 25.1. The zero-order chi connectivity index (χ0) is 20.1. The molecule has 0 aromatic heterocycles. The molecule has 3 rings (SSSR count). The van der Waals surface area contributed by atoms with E-state index in [1.807, 2.05) is 13.0 Å². The molecule has 0 saturated carbocycles. The van der Waals surface area contributed by atoms with Crippen molar-refractivity contribution in [2.24, 2.45) is 5.10 Å². The van der Waals surface area contributed by atoms with E-state index in [2.05, 4.69) is 9.93 Å². The number of nitrogens with one attached hydrogen (secondary N) is 1. The summed E-state index contributed by atoms with van der Waals surface area (Å²) in [5.41, 5.74) is 2.45. The highest BCUT2D eigenvalue weighted by molar-refractivity contribution is 7.89. The monoisotopic (exact) mass is 395 g/mol. The topological polar surface area (TPSA) is 102 Å². The van der Waals surface area contributed by atoms with Crippen molar-refractivity contribution in [2.75, 3.05) is 0 Å². The van der Waals surface area contributed by atoms with Gasteiger partial charge in [0.25, 0.3) is 15.7 Å². The maximum Gasteiger partial charge on any atom is 0.276 e. The Kier molecular flexibility index (Phi) is 5.51. The van der Waals surface area contributed by atoms with Crippen LogP contribution in [0.25, 0.3) is 0 Å². The molecular weight excluding hydrogens is 378 g/mol. The number of hydrogen-bond acceptors (Lipinski definition) is 5. The van der Waals surface area contributed by atoms with Crippen molar-refractivity contribution in [2.45, 2.75) is 11.8 Å². The van der Waals surface area contributed by atoms with Crippen molar-refractivity contribution in [3.63, 3.8) is 0 Å². The number of rotatable bonds is 6. The summed E-state index contributed by atoms with van der Waals surface area (Å²) in [5.74, 6) is 0. The van der Waals surface area contributed by atoms with Gasteiger partial charge in [0.15, 0.2) is 0 Å². The molecule has 1 N–H and O–H groups in total. The first-order valence-corrected chi connectivity index (χ1v) is 9.81. The van der Waals surface area contributed by atoms with Gasteiger partial charge in [-0.25, -0.2) is 0 Å².